The number of esters is 2. The largest absolute Gasteiger partial charge is 0.465 e. The molecule has 0 unspecified atom stereocenters. The van der Waals surface area contributed by atoms with Crippen LogP contribution in [0.5, 0.6) is 0 Å². The van der Waals surface area contributed by atoms with Crippen LogP contribution in [0.4, 0.5) is 0 Å². The van der Waals surface area contributed by atoms with Crippen LogP contribution in [0.2, 0.25) is 0 Å². The van der Waals surface area contributed by atoms with Crippen LogP contribution in [-0.2, 0) is 9.47 Å². The topological polar surface area (TPSA) is 65.5 Å². The lowest BCUT2D eigenvalue weighted by Gasteiger charge is -2.08. The highest BCUT2D eigenvalue weighted by molar-refractivity contribution is 6.01. The first kappa shape index (κ1) is 15.4. The van der Waals surface area contributed by atoms with Crippen molar-refractivity contribution in [3.05, 3.63) is 65.0 Å². The number of nitrogens with zero attached hydrogens (tertiary/aromatic N) is 1. The van der Waals surface area contributed by atoms with E-state index in [4.69, 9.17) is 9.47 Å². The molecule has 5 nitrogen and oxygen atoms in total. The summed E-state index contributed by atoms with van der Waals surface area (Å²) in [5.74, 6) is -1.15. The maximum Gasteiger partial charge on any atom is 0.357 e. The Bertz CT molecular complexity index is 674. The van der Waals surface area contributed by atoms with Gasteiger partial charge in [-0.3, -0.25) is 0 Å². The first-order valence-corrected chi connectivity index (χ1v) is 6.56. The van der Waals surface area contributed by atoms with Gasteiger partial charge in [0.1, 0.15) is 0 Å². The molecule has 1 heterocycles. The van der Waals surface area contributed by atoms with Crippen molar-refractivity contribution in [2.75, 3.05) is 14.2 Å². The Morgan fingerprint density at radius 3 is 2.27 bits per heavy atom. The van der Waals surface area contributed by atoms with Crippen LogP contribution >= 0.6 is 0 Å². The molecule has 0 saturated heterocycles. The van der Waals surface area contributed by atoms with Gasteiger partial charge in [0, 0.05) is 11.8 Å². The van der Waals surface area contributed by atoms with Crippen molar-refractivity contribution in [3.63, 3.8) is 0 Å². The number of benzene rings is 1. The number of carbonyl (C=O) groups is 2. The first-order valence-electron chi connectivity index (χ1n) is 6.56. The maximum atomic E-state index is 11.9. The normalized spacial score (nSPS) is 10.5. The third kappa shape index (κ3) is 3.38. The summed E-state index contributed by atoms with van der Waals surface area (Å²) in [4.78, 5) is 27.7. The number of carbonyl (C=O) groups excluding carboxylic acids is 2. The third-order valence-electron chi connectivity index (χ3n) is 3.02. The van der Waals surface area contributed by atoms with Crippen molar-refractivity contribution < 1.29 is 19.1 Å². The van der Waals surface area contributed by atoms with Crippen molar-refractivity contribution in [3.8, 4) is 0 Å². The van der Waals surface area contributed by atoms with Gasteiger partial charge in [0.15, 0.2) is 5.69 Å². The second kappa shape index (κ2) is 7.17. The predicted octanol–water partition coefficient (Wildman–Crippen LogP) is 2.83. The number of pyridine rings is 1. The number of rotatable bonds is 4. The number of methoxy groups -OCH3 is 2. The Labute approximate surface area is 128 Å². The molecule has 0 amide bonds. The van der Waals surface area contributed by atoms with Crippen molar-refractivity contribution in [2.24, 2.45) is 0 Å². The van der Waals surface area contributed by atoms with E-state index in [1.165, 1.54) is 26.5 Å². The van der Waals surface area contributed by atoms with E-state index in [-0.39, 0.29) is 11.3 Å². The molecular weight excluding hydrogens is 282 g/mol. The van der Waals surface area contributed by atoms with Gasteiger partial charge in [-0.15, -0.1) is 0 Å². The van der Waals surface area contributed by atoms with Gasteiger partial charge in [0.25, 0.3) is 0 Å². The Morgan fingerprint density at radius 1 is 0.955 bits per heavy atom. The summed E-state index contributed by atoms with van der Waals surface area (Å²) in [5.41, 5.74) is 1.62. The Hall–Kier alpha value is -2.95. The lowest BCUT2D eigenvalue weighted by molar-refractivity contribution is 0.0593. The standard InChI is InChI=1S/C17H15NO4/c1-21-16(19)14-10-11-18-15(17(20)22-2)13(14)9-8-12-6-4-3-5-7-12/h3-11H,1-2H3/b9-8+. The van der Waals surface area contributed by atoms with Gasteiger partial charge in [-0.1, -0.05) is 42.5 Å². The van der Waals surface area contributed by atoms with E-state index in [2.05, 4.69) is 4.98 Å². The second-order valence-electron chi connectivity index (χ2n) is 4.35. The molecule has 0 bridgehead atoms. The molecule has 0 atom stereocenters. The van der Waals surface area contributed by atoms with Crippen molar-refractivity contribution in [2.45, 2.75) is 0 Å². The Kier molecular flexibility index (Phi) is 5.03. The highest BCUT2D eigenvalue weighted by Gasteiger charge is 2.19. The van der Waals surface area contributed by atoms with E-state index >= 15 is 0 Å². The Balaban J connectivity index is 2.52. The lowest BCUT2D eigenvalue weighted by Crippen LogP contribution is -2.12. The van der Waals surface area contributed by atoms with Crippen LogP contribution < -0.4 is 0 Å². The van der Waals surface area contributed by atoms with E-state index in [0.29, 0.717) is 5.56 Å². The zero-order chi connectivity index (χ0) is 15.9. The minimum absolute atomic E-state index is 0.0672. The van der Waals surface area contributed by atoms with Gasteiger partial charge < -0.3 is 9.47 Å². The molecule has 2 aromatic rings. The van der Waals surface area contributed by atoms with Crippen LogP contribution in [0.1, 0.15) is 32.0 Å². The van der Waals surface area contributed by atoms with Crippen LogP contribution in [0.3, 0.4) is 0 Å². The van der Waals surface area contributed by atoms with E-state index in [1.807, 2.05) is 30.3 Å². The molecule has 22 heavy (non-hydrogen) atoms. The van der Waals surface area contributed by atoms with Gasteiger partial charge in [0.05, 0.1) is 19.8 Å². The molecule has 5 heteroatoms. The maximum absolute atomic E-state index is 11.9. The number of hydrogen-bond donors (Lipinski definition) is 0. The zero-order valence-corrected chi connectivity index (χ0v) is 12.3. The van der Waals surface area contributed by atoms with Gasteiger partial charge >= 0.3 is 11.9 Å². The minimum Gasteiger partial charge on any atom is -0.465 e. The van der Waals surface area contributed by atoms with Gasteiger partial charge in [-0.25, -0.2) is 14.6 Å². The summed E-state index contributed by atoms with van der Waals surface area (Å²) in [6.07, 6.45) is 4.81. The molecule has 0 fully saturated rings. The number of hydrogen-bond acceptors (Lipinski definition) is 5. The lowest BCUT2D eigenvalue weighted by atomic mass is 10.0. The van der Waals surface area contributed by atoms with E-state index in [1.54, 1.807) is 12.2 Å². The fraction of sp³-hybridized carbons (Fsp3) is 0.118. The molecule has 2 rings (SSSR count). The summed E-state index contributed by atoms with van der Waals surface area (Å²) in [6, 6.07) is 11.0. The predicted molar refractivity (Wildman–Crippen MR) is 82.3 cm³/mol. The highest BCUT2D eigenvalue weighted by atomic mass is 16.5. The fourth-order valence-electron chi connectivity index (χ4n) is 1.93. The molecule has 0 aliphatic rings. The SMILES string of the molecule is COC(=O)c1ccnc(C(=O)OC)c1/C=C/c1ccccc1. The van der Waals surface area contributed by atoms with Gasteiger partial charge in [0.2, 0.25) is 0 Å². The molecule has 112 valence electrons. The molecule has 1 aromatic carbocycles. The molecule has 1 aromatic heterocycles. The summed E-state index contributed by atoms with van der Waals surface area (Å²) < 4.78 is 9.45. The van der Waals surface area contributed by atoms with Crippen LogP contribution in [0.25, 0.3) is 12.2 Å². The van der Waals surface area contributed by atoms with Gasteiger partial charge in [-0.2, -0.15) is 0 Å². The average Bonchev–Trinajstić information content (AvgIpc) is 2.59. The molecule has 0 spiro atoms. The van der Waals surface area contributed by atoms with E-state index in [9.17, 15) is 9.59 Å². The summed E-state index contributed by atoms with van der Waals surface area (Å²) in [6.45, 7) is 0. The molecule has 0 radical (unpaired) electrons. The molecular formula is C17H15NO4. The monoisotopic (exact) mass is 297 g/mol. The summed E-state index contributed by atoms with van der Waals surface area (Å²) >= 11 is 0. The quantitative estimate of drug-likeness (QED) is 0.812. The minimum atomic E-state index is -0.613. The molecule has 0 N–H and O–H groups in total. The summed E-state index contributed by atoms with van der Waals surface area (Å²) in [7, 11) is 2.55. The third-order valence-corrected chi connectivity index (χ3v) is 3.02. The Morgan fingerprint density at radius 2 is 1.64 bits per heavy atom. The summed E-state index contributed by atoms with van der Waals surface area (Å²) in [5, 5.41) is 0. The first-order chi connectivity index (χ1) is 10.7. The smallest absolute Gasteiger partial charge is 0.357 e. The highest BCUT2D eigenvalue weighted by Crippen LogP contribution is 2.18. The van der Waals surface area contributed by atoms with E-state index in [0.717, 1.165) is 5.56 Å². The number of aromatic nitrogens is 1. The zero-order valence-electron chi connectivity index (χ0n) is 12.3. The van der Waals surface area contributed by atoms with Crippen molar-refractivity contribution in [1.82, 2.24) is 4.98 Å². The van der Waals surface area contributed by atoms with Crippen molar-refractivity contribution in [1.29, 1.82) is 0 Å². The van der Waals surface area contributed by atoms with Crippen LogP contribution in [0.15, 0.2) is 42.6 Å². The second-order valence-corrected chi connectivity index (χ2v) is 4.35. The van der Waals surface area contributed by atoms with Crippen LogP contribution in [-0.4, -0.2) is 31.1 Å². The van der Waals surface area contributed by atoms with E-state index < -0.39 is 11.9 Å². The molecule has 0 saturated carbocycles. The average molecular weight is 297 g/mol. The molecule has 0 aliphatic heterocycles. The fourth-order valence-corrected chi connectivity index (χ4v) is 1.93. The number of ether oxygens (including phenoxy) is 2. The molecule has 0 aliphatic carbocycles. The van der Waals surface area contributed by atoms with Gasteiger partial charge in [-0.05, 0) is 11.6 Å². The van der Waals surface area contributed by atoms with Crippen molar-refractivity contribution >= 4 is 24.1 Å². The van der Waals surface area contributed by atoms with Crippen LogP contribution in [0, 0.1) is 0 Å².